The number of allylic oxidation sites excluding steroid dienone is 8. The molecule has 0 amide bonds. The standard InChI is InChI=1S/C61H114NO8P/c1-6-8-10-12-14-16-18-20-22-24-25-26-27-28-29-30-31-32-33-34-35-36-37-38-40-42-44-46-48-50-52-54-61(64)70-59(58-69-71(65,66)68-56-55-62(3,4)5)57-67-60(63)53-51-49-47-45-43-41-39-23-21-19-17-15-13-11-9-7-2/h8,10,14,16,20,22,25-26,59H,6-7,9,11-13,15,17-19,21,23-24,27-58H2,1-5H3/p+1/b10-8-,16-14-,22-20-,26-25-. The zero-order valence-corrected chi connectivity index (χ0v) is 48.1. The summed E-state index contributed by atoms with van der Waals surface area (Å²) in [6, 6.07) is 0. The molecule has 0 saturated heterocycles. The van der Waals surface area contributed by atoms with E-state index in [1.807, 2.05) is 21.1 Å². The Bertz CT molecular complexity index is 1340. The summed E-state index contributed by atoms with van der Waals surface area (Å²) in [5.41, 5.74) is 0. The molecule has 0 aromatic rings. The van der Waals surface area contributed by atoms with Gasteiger partial charge in [-0.05, 0) is 51.4 Å². The van der Waals surface area contributed by atoms with Crippen LogP contribution in [0.15, 0.2) is 48.6 Å². The van der Waals surface area contributed by atoms with Gasteiger partial charge >= 0.3 is 19.8 Å². The average molecular weight is 1020 g/mol. The Morgan fingerprint density at radius 1 is 0.451 bits per heavy atom. The predicted molar refractivity (Wildman–Crippen MR) is 303 cm³/mol. The van der Waals surface area contributed by atoms with Gasteiger partial charge in [-0.2, -0.15) is 0 Å². The molecule has 0 fully saturated rings. The maximum Gasteiger partial charge on any atom is 0.472 e. The largest absolute Gasteiger partial charge is 0.472 e. The molecule has 0 rings (SSSR count). The Hall–Kier alpha value is -2.03. The fraction of sp³-hybridized carbons (Fsp3) is 0.836. The second-order valence-electron chi connectivity index (χ2n) is 21.4. The first-order valence-corrected chi connectivity index (χ1v) is 31.4. The van der Waals surface area contributed by atoms with Crippen LogP contribution in [0.4, 0.5) is 0 Å². The van der Waals surface area contributed by atoms with Crippen molar-refractivity contribution in [2.75, 3.05) is 47.5 Å². The molecule has 0 spiro atoms. The van der Waals surface area contributed by atoms with E-state index in [-0.39, 0.29) is 25.6 Å². The lowest BCUT2D eigenvalue weighted by Crippen LogP contribution is -2.37. The van der Waals surface area contributed by atoms with Crippen LogP contribution in [-0.4, -0.2) is 74.9 Å². The van der Waals surface area contributed by atoms with E-state index in [1.165, 1.54) is 186 Å². The number of hydrogen-bond acceptors (Lipinski definition) is 7. The number of rotatable bonds is 55. The molecule has 10 heteroatoms. The smallest absolute Gasteiger partial charge is 0.462 e. The molecule has 0 bridgehead atoms. The Labute approximate surface area is 439 Å². The number of phosphoric ester groups is 1. The van der Waals surface area contributed by atoms with Crippen LogP contribution < -0.4 is 0 Å². The highest BCUT2D eigenvalue weighted by molar-refractivity contribution is 7.47. The van der Waals surface area contributed by atoms with Crippen molar-refractivity contribution in [3.8, 4) is 0 Å². The van der Waals surface area contributed by atoms with Gasteiger partial charge in [0.05, 0.1) is 27.7 Å². The van der Waals surface area contributed by atoms with Gasteiger partial charge < -0.3 is 18.9 Å². The molecule has 0 aromatic heterocycles. The van der Waals surface area contributed by atoms with Crippen LogP contribution in [0.1, 0.15) is 277 Å². The quantitative estimate of drug-likeness (QED) is 0.0211. The summed E-state index contributed by atoms with van der Waals surface area (Å²) >= 11 is 0. The van der Waals surface area contributed by atoms with E-state index >= 15 is 0 Å². The van der Waals surface area contributed by atoms with E-state index in [2.05, 4.69) is 62.5 Å². The SMILES string of the molecule is CC/C=C\C/C=C\C/C=C\C/C=C\CCCCCCCCCCCCCCCCCCCCC(=O)OC(COC(=O)CCCCCCCCCCCCCCCCCC)COP(=O)(O)OCC[N+](C)(C)C. The van der Waals surface area contributed by atoms with Gasteiger partial charge in [0.15, 0.2) is 6.10 Å². The molecule has 2 atom stereocenters. The first-order chi connectivity index (χ1) is 34.5. The minimum atomic E-state index is -4.38. The van der Waals surface area contributed by atoms with Gasteiger partial charge in [0.2, 0.25) is 0 Å². The van der Waals surface area contributed by atoms with Gasteiger partial charge in [-0.1, -0.05) is 262 Å². The summed E-state index contributed by atoms with van der Waals surface area (Å²) in [7, 11) is 1.49. The lowest BCUT2D eigenvalue weighted by molar-refractivity contribution is -0.870. The first-order valence-electron chi connectivity index (χ1n) is 29.9. The van der Waals surface area contributed by atoms with Crippen molar-refractivity contribution in [3.63, 3.8) is 0 Å². The number of unbranched alkanes of at least 4 members (excludes halogenated alkanes) is 33. The molecule has 0 radical (unpaired) electrons. The molecule has 416 valence electrons. The van der Waals surface area contributed by atoms with Crippen LogP contribution in [-0.2, 0) is 32.7 Å². The molecule has 0 saturated carbocycles. The first kappa shape index (κ1) is 69.0. The second kappa shape index (κ2) is 52.8. The Morgan fingerprint density at radius 2 is 0.803 bits per heavy atom. The molecule has 2 unspecified atom stereocenters. The van der Waals surface area contributed by atoms with Gasteiger partial charge in [-0.15, -0.1) is 0 Å². The summed E-state index contributed by atoms with van der Waals surface area (Å²) in [6.07, 6.45) is 66.1. The van der Waals surface area contributed by atoms with Crippen LogP contribution in [0, 0.1) is 0 Å². The van der Waals surface area contributed by atoms with Gasteiger partial charge in [0.1, 0.15) is 19.8 Å². The van der Waals surface area contributed by atoms with Crippen LogP contribution >= 0.6 is 7.82 Å². The fourth-order valence-electron chi connectivity index (χ4n) is 8.54. The fourth-order valence-corrected chi connectivity index (χ4v) is 9.28. The van der Waals surface area contributed by atoms with Crippen LogP contribution in [0.5, 0.6) is 0 Å². The topological polar surface area (TPSA) is 108 Å². The van der Waals surface area contributed by atoms with E-state index in [9.17, 15) is 19.0 Å². The molecular formula is C61H115NO8P+. The van der Waals surface area contributed by atoms with Gasteiger partial charge in [0.25, 0.3) is 0 Å². The van der Waals surface area contributed by atoms with Crippen molar-refractivity contribution >= 4 is 19.8 Å². The van der Waals surface area contributed by atoms with E-state index in [1.54, 1.807) is 0 Å². The number of likely N-dealkylation sites (N-methyl/N-ethyl adjacent to an activating group) is 1. The summed E-state index contributed by atoms with van der Waals surface area (Å²) in [6.45, 7) is 4.36. The highest BCUT2D eigenvalue weighted by atomic mass is 31.2. The van der Waals surface area contributed by atoms with Crippen molar-refractivity contribution in [2.45, 2.75) is 283 Å². The monoisotopic (exact) mass is 1020 g/mol. The minimum absolute atomic E-state index is 0.0339. The van der Waals surface area contributed by atoms with E-state index in [0.29, 0.717) is 23.9 Å². The number of carbonyl (C=O) groups is 2. The zero-order valence-electron chi connectivity index (χ0n) is 47.2. The Kier molecular flexibility index (Phi) is 51.3. The number of hydrogen-bond donors (Lipinski definition) is 1. The number of carbonyl (C=O) groups excluding carboxylic acids is 2. The summed E-state index contributed by atoms with van der Waals surface area (Å²) in [5, 5.41) is 0. The third-order valence-corrected chi connectivity index (χ3v) is 14.1. The predicted octanol–water partition coefficient (Wildman–Crippen LogP) is 18.5. The number of nitrogens with zero attached hydrogens (tertiary/aromatic N) is 1. The van der Waals surface area contributed by atoms with Crippen molar-refractivity contribution in [3.05, 3.63) is 48.6 Å². The molecule has 0 aromatic carbocycles. The molecule has 0 heterocycles. The van der Waals surface area contributed by atoms with Crippen molar-refractivity contribution in [2.24, 2.45) is 0 Å². The third kappa shape index (κ3) is 57.1. The molecule has 1 N–H and O–H groups in total. The van der Waals surface area contributed by atoms with E-state index in [0.717, 1.165) is 57.8 Å². The summed E-state index contributed by atoms with van der Waals surface area (Å²) in [4.78, 5) is 35.7. The average Bonchev–Trinajstić information content (AvgIpc) is 3.33. The lowest BCUT2D eigenvalue weighted by atomic mass is 10.0. The van der Waals surface area contributed by atoms with Crippen LogP contribution in [0.25, 0.3) is 0 Å². The second-order valence-corrected chi connectivity index (χ2v) is 22.8. The summed E-state index contributed by atoms with van der Waals surface area (Å²) < 4.78 is 34.6. The number of quaternary nitrogens is 1. The highest BCUT2D eigenvalue weighted by Gasteiger charge is 2.27. The molecule has 9 nitrogen and oxygen atoms in total. The Balaban J connectivity index is 4.04. The normalized spacial score (nSPS) is 13.6. The molecule has 71 heavy (non-hydrogen) atoms. The van der Waals surface area contributed by atoms with Crippen molar-refractivity contribution in [1.29, 1.82) is 0 Å². The molecule has 0 aliphatic rings. The number of ether oxygens (including phenoxy) is 2. The van der Waals surface area contributed by atoms with Crippen LogP contribution in [0.2, 0.25) is 0 Å². The maximum atomic E-state index is 12.8. The molecular weight excluding hydrogens is 906 g/mol. The molecule has 0 aliphatic heterocycles. The van der Waals surface area contributed by atoms with E-state index in [4.69, 9.17) is 18.5 Å². The number of phosphoric acid groups is 1. The van der Waals surface area contributed by atoms with Gasteiger partial charge in [-0.3, -0.25) is 18.6 Å². The van der Waals surface area contributed by atoms with Crippen LogP contribution in [0.3, 0.4) is 0 Å². The van der Waals surface area contributed by atoms with E-state index < -0.39 is 26.5 Å². The Morgan fingerprint density at radius 3 is 1.20 bits per heavy atom. The third-order valence-electron chi connectivity index (χ3n) is 13.1. The lowest BCUT2D eigenvalue weighted by Gasteiger charge is -2.24. The zero-order chi connectivity index (χ0) is 52.0. The maximum absolute atomic E-state index is 12.8. The van der Waals surface area contributed by atoms with Crippen molar-refractivity contribution in [1.82, 2.24) is 0 Å². The highest BCUT2D eigenvalue weighted by Crippen LogP contribution is 2.43. The van der Waals surface area contributed by atoms with Gasteiger partial charge in [0, 0.05) is 12.8 Å². The van der Waals surface area contributed by atoms with Gasteiger partial charge in [-0.25, -0.2) is 4.57 Å². The van der Waals surface area contributed by atoms with Crippen molar-refractivity contribution < 1.29 is 42.1 Å². The molecule has 0 aliphatic carbocycles. The number of esters is 2. The minimum Gasteiger partial charge on any atom is -0.462 e. The summed E-state index contributed by atoms with van der Waals surface area (Å²) in [5.74, 6) is -0.782.